The molecule has 8 heteroatoms. The number of aliphatic hydroxyl groups excluding tert-OH is 1. The lowest BCUT2D eigenvalue weighted by atomic mass is 9.80. The molecule has 0 bridgehead atoms. The number of hydrogen-bond acceptors (Lipinski definition) is 4. The second-order valence-electron chi connectivity index (χ2n) is 6.03. The van der Waals surface area contributed by atoms with Crippen LogP contribution in [0.4, 0.5) is 10.1 Å². The van der Waals surface area contributed by atoms with Crippen LogP contribution in [0.2, 0.25) is 10.0 Å². The molecule has 2 atom stereocenters. The van der Waals surface area contributed by atoms with E-state index in [4.69, 9.17) is 27.9 Å². The molecule has 1 aromatic heterocycles. The van der Waals surface area contributed by atoms with E-state index in [2.05, 4.69) is 10.3 Å². The van der Waals surface area contributed by atoms with Crippen LogP contribution in [0.1, 0.15) is 35.8 Å². The van der Waals surface area contributed by atoms with Crippen LogP contribution in [0.15, 0.2) is 30.5 Å². The number of halogens is 3. The summed E-state index contributed by atoms with van der Waals surface area (Å²) in [6.45, 7) is -0.404. The number of hydrogen-bond donors (Lipinski definition) is 2. The highest BCUT2D eigenvalue weighted by Gasteiger charge is 2.47. The first kappa shape index (κ1) is 19.0. The fraction of sp³-hybridized carbons (Fsp3) is 0.333. The second-order valence-corrected chi connectivity index (χ2v) is 6.88. The molecule has 0 fully saturated rings. The molecule has 1 aliphatic carbocycles. The van der Waals surface area contributed by atoms with Gasteiger partial charge in [-0.25, -0.2) is 4.39 Å². The van der Waals surface area contributed by atoms with Gasteiger partial charge in [0, 0.05) is 29.5 Å². The topological polar surface area (TPSA) is 71.5 Å². The summed E-state index contributed by atoms with van der Waals surface area (Å²) < 4.78 is 21.1. The SMILES string of the molecule is CO[C@H]1CC[C@](F)(C(=O)Nc2c(Cl)cc(Cl)cc2CO)c2cccnc21. The zero-order chi connectivity index (χ0) is 18.9. The normalized spacial score (nSPS) is 22.0. The van der Waals surface area contributed by atoms with Gasteiger partial charge in [0.25, 0.3) is 5.91 Å². The number of nitrogens with one attached hydrogen (secondary N) is 1. The predicted octanol–water partition coefficient (Wildman–Crippen LogP) is 4.17. The molecule has 2 aromatic rings. The zero-order valence-corrected chi connectivity index (χ0v) is 15.4. The Morgan fingerprint density at radius 3 is 2.96 bits per heavy atom. The predicted molar refractivity (Wildman–Crippen MR) is 97.0 cm³/mol. The van der Waals surface area contributed by atoms with Gasteiger partial charge >= 0.3 is 0 Å². The van der Waals surface area contributed by atoms with Gasteiger partial charge in [0.05, 0.1) is 29.1 Å². The van der Waals surface area contributed by atoms with Crippen molar-refractivity contribution in [2.75, 3.05) is 12.4 Å². The lowest BCUT2D eigenvalue weighted by molar-refractivity contribution is -0.130. The zero-order valence-electron chi connectivity index (χ0n) is 13.9. The Morgan fingerprint density at radius 2 is 2.27 bits per heavy atom. The number of aliphatic hydroxyl groups is 1. The summed E-state index contributed by atoms with van der Waals surface area (Å²) in [5.41, 5.74) is -1.26. The Bertz CT molecular complexity index is 849. The maximum atomic E-state index is 15.8. The summed E-state index contributed by atoms with van der Waals surface area (Å²) in [5.74, 6) is -0.875. The van der Waals surface area contributed by atoms with Crippen molar-refractivity contribution >= 4 is 34.8 Å². The number of benzene rings is 1. The molecule has 1 aromatic carbocycles. The third-order valence-electron chi connectivity index (χ3n) is 4.51. The number of ether oxygens (including phenoxy) is 1. The van der Waals surface area contributed by atoms with E-state index in [1.54, 1.807) is 6.07 Å². The van der Waals surface area contributed by atoms with Crippen LogP contribution in [0.25, 0.3) is 0 Å². The molecule has 3 rings (SSSR count). The number of rotatable bonds is 4. The highest BCUT2D eigenvalue weighted by Crippen LogP contribution is 2.44. The number of carbonyl (C=O) groups excluding carboxylic acids is 1. The number of methoxy groups -OCH3 is 1. The number of aromatic nitrogens is 1. The monoisotopic (exact) mass is 398 g/mol. The van der Waals surface area contributed by atoms with E-state index in [0.29, 0.717) is 22.7 Å². The molecule has 1 aliphatic rings. The first-order valence-electron chi connectivity index (χ1n) is 7.98. The van der Waals surface area contributed by atoms with Crippen molar-refractivity contribution in [3.63, 3.8) is 0 Å². The molecule has 1 heterocycles. The number of anilines is 1. The van der Waals surface area contributed by atoms with Crippen LogP contribution in [-0.4, -0.2) is 23.1 Å². The maximum absolute atomic E-state index is 15.8. The summed E-state index contributed by atoms with van der Waals surface area (Å²) in [7, 11) is 1.52. The Labute approximate surface area is 160 Å². The molecule has 1 amide bonds. The minimum atomic E-state index is -2.28. The summed E-state index contributed by atoms with van der Waals surface area (Å²) >= 11 is 12.0. The number of nitrogens with zero attached hydrogens (tertiary/aromatic N) is 1. The second kappa shape index (κ2) is 7.48. The summed E-state index contributed by atoms with van der Waals surface area (Å²) in [6.07, 6.45) is 1.42. The van der Waals surface area contributed by atoms with Gasteiger partial charge in [-0.2, -0.15) is 0 Å². The first-order chi connectivity index (χ1) is 12.4. The van der Waals surface area contributed by atoms with Gasteiger partial charge in [0.15, 0.2) is 0 Å². The van der Waals surface area contributed by atoms with Gasteiger partial charge in [-0.05, 0) is 31.0 Å². The third kappa shape index (κ3) is 3.30. The standard InChI is InChI=1S/C18H17Cl2FN2O3/c1-26-14-4-5-18(21,12-3-2-6-22-16(12)14)17(25)23-15-10(9-24)7-11(19)8-13(15)20/h2-3,6-8,14,24H,4-5,9H2,1H3,(H,23,25)/t14-,18+/m0/s1. The molecule has 5 nitrogen and oxygen atoms in total. The minimum absolute atomic E-state index is 0.0598. The average molecular weight is 399 g/mol. The van der Waals surface area contributed by atoms with Crippen LogP contribution < -0.4 is 5.32 Å². The first-order valence-corrected chi connectivity index (χ1v) is 8.73. The number of pyridine rings is 1. The molecule has 0 spiro atoms. The smallest absolute Gasteiger partial charge is 0.266 e. The molecule has 0 aliphatic heterocycles. The van der Waals surface area contributed by atoms with E-state index in [1.165, 1.54) is 31.5 Å². The summed E-state index contributed by atoms with van der Waals surface area (Å²) in [4.78, 5) is 17.0. The maximum Gasteiger partial charge on any atom is 0.266 e. The Balaban J connectivity index is 1.98. The fourth-order valence-corrected chi connectivity index (χ4v) is 3.76. The van der Waals surface area contributed by atoms with Crippen LogP contribution in [0, 0.1) is 0 Å². The highest BCUT2D eigenvalue weighted by molar-refractivity contribution is 6.37. The number of amides is 1. The molecule has 2 N–H and O–H groups in total. The molecule has 0 unspecified atom stereocenters. The Kier molecular flexibility index (Phi) is 5.48. The van der Waals surface area contributed by atoms with Crippen LogP contribution in [-0.2, 0) is 21.8 Å². The van der Waals surface area contributed by atoms with E-state index in [0.717, 1.165) is 0 Å². The summed E-state index contributed by atoms with van der Waals surface area (Å²) in [5, 5.41) is 12.4. The average Bonchev–Trinajstić information content (AvgIpc) is 2.64. The van der Waals surface area contributed by atoms with E-state index in [-0.39, 0.29) is 28.8 Å². The van der Waals surface area contributed by atoms with Gasteiger partial charge < -0.3 is 15.2 Å². The Hall–Kier alpha value is -1.73. The van der Waals surface area contributed by atoms with Gasteiger partial charge in [0.2, 0.25) is 5.67 Å². The number of fused-ring (bicyclic) bond motifs is 1. The van der Waals surface area contributed by atoms with Crippen LogP contribution in [0.5, 0.6) is 0 Å². The van der Waals surface area contributed by atoms with Gasteiger partial charge in [-0.15, -0.1) is 0 Å². The van der Waals surface area contributed by atoms with E-state index < -0.39 is 18.2 Å². The molecule has 26 heavy (non-hydrogen) atoms. The molecular formula is C18H17Cl2FN2O3. The van der Waals surface area contributed by atoms with Crippen LogP contribution in [0.3, 0.4) is 0 Å². The third-order valence-corrected chi connectivity index (χ3v) is 5.03. The van der Waals surface area contributed by atoms with Crippen molar-refractivity contribution in [2.24, 2.45) is 0 Å². The van der Waals surface area contributed by atoms with Crippen molar-refractivity contribution in [3.8, 4) is 0 Å². The van der Waals surface area contributed by atoms with Crippen molar-refractivity contribution in [1.82, 2.24) is 4.98 Å². The molecule has 138 valence electrons. The number of alkyl halides is 1. The number of carbonyl (C=O) groups is 1. The molecule has 0 saturated carbocycles. The fourth-order valence-electron chi connectivity index (χ4n) is 3.18. The van der Waals surface area contributed by atoms with E-state index in [1.807, 2.05) is 0 Å². The van der Waals surface area contributed by atoms with E-state index >= 15 is 4.39 Å². The minimum Gasteiger partial charge on any atom is -0.392 e. The molecule has 0 saturated heterocycles. The molecular weight excluding hydrogens is 382 g/mol. The van der Waals surface area contributed by atoms with Crippen LogP contribution >= 0.6 is 23.2 Å². The quantitative estimate of drug-likeness (QED) is 0.810. The van der Waals surface area contributed by atoms with Gasteiger partial charge in [-0.3, -0.25) is 9.78 Å². The van der Waals surface area contributed by atoms with Crippen molar-refractivity contribution in [3.05, 3.63) is 57.3 Å². The van der Waals surface area contributed by atoms with Crippen molar-refractivity contribution < 1.29 is 19.0 Å². The van der Waals surface area contributed by atoms with Gasteiger partial charge in [0.1, 0.15) is 0 Å². The van der Waals surface area contributed by atoms with Gasteiger partial charge in [-0.1, -0.05) is 29.3 Å². The van der Waals surface area contributed by atoms with Crippen molar-refractivity contribution in [2.45, 2.75) is 31.2 Å². The molecule has 0 radical (unpaired) electrons. The van der Waals surface area contributed by atoms with E-state index in [9.17, 15) is 9.90 Å². The summed E-state index contributed by atoms with van der Waals surface area (Å²) in [6, 6.07) is 5.99. The highest BCUT2D eigenvalue weighted by atomic mass is 35.5. The van der Waals surface area contributed by atoms with Crippen molar-refractivity contribution in [1.29, 1.82) is 0 Å². The lowest BCUT2D eigenvalue weighted by Gasteiger charge is -2.34. The largest absolute Gasteiger partial charge is 0.392 e. The lowest BCUT2D eigenvalue weighted by Crippen LogP contribution is -2.41. The Morgan fingerprint density at radius 1 is 1.50 bits per heavy atom.